The molecule has 0 radical (unpaired) electrons. The molecule has 0 aliphatic carbocycles. The van der Waals surface area contributed by atoms with E-state index in [2.05, 4.69) is 5.32 Å². The molecule has 1 N–H and O–H groups in total. The van der Waals surface area contributed by atoms with Gasteiger partial charge < -0.3 is 15.0 Å². The molecular weight excluding hydrogens is 407 g/mol. The average molecular weight is 443 g/mol. The highest BCUT2D eigenvalue weighted by Gasteiger charge is 2.30. The first kappa shape index (κ1) is 25.4. The third-order valence-corrected chi connectivity index (χ3v) is 4.97. The van der Waals surface area contributed by atoms with E-state index in [1.165, 1.54) is 12.1 Å². The summed E-state index contributed by atoms with van der Waals surface area (Å²) in [6.45, 7) is 10.3. The standard InChI is InChI=1S/C26H35FN2O3/c1-6-23(25(31)28-26(3,4)5)29(18-20-11-13-21(27)14-12-20)24(30)8-7-17-32-22-15-9-19(2)10-16-22/h9-16,23H,6-8,17-18H2,1-5H3,(H,28,31)/t23-/m0/s1. The number of ether oxygens (including phenoxy) is 1. The third kappa shape index (κ3) is 8.33. The van der Waals surface area contributed by atoms with Crippen LogP contribution < -0.4 is 10.1 Å². The largest absolute Gasteiger partial charge is 0.494 e. The van der Waals surface area contributed by atoms with Crippen molar-refractivity contribution in [1.82, 2.24) is 10.2 Å². The summed E-state index contributed by atoms with van der Waals surface area (Å²) in [6, 6.07) is 13.2. The highest BCUT2D eigenvalue weighted by Crippen LogP contribution is 2.17. The lowest BCUT2D eigenvalue weighted by Gasteiger charge is -2.33. The van der Waals surface area contributed by atoms with Crippen LogP contribution >= 0.6 is 0 Å². The van der Waals surface area contributed by atoms with E-state index in [1.54, 1.807) is 17.0 Å². The Balaban J connectivity index is 2.07. The first-order valence-corrected chi connectivity index (χ1v) is 11.1. The van der Waals surface area contributed by atoms with Gasteiger partial charge in [0.1, 0.15) is 17.6 Å². The van der Waals surface area contributed by atoms with Crippen molar-refractivity contribution in [3.05, 3.63) is 65.5 Å². The fourth-order valence-electron chi connectivity index (χ4n) is 3.35. The first-order valence-electron chi connectivity index (χ1n) is 11.1. The molecule has 32 heavy (non-hydrogen) atoms. The van der Waals surface area contributed by atoms with Gasteiger partial charge in [0.05, 0.1) is 6.61 Å². The van der Waals surface area contributed by atoms with E-state index in [0.29, 0.717) is 19.4 Å². The lowest BCUT2D eigenvalue weighted by atomic mass is 10.0. The first-order chi connectivity index (χ1) is 15.1. The second-order valence-corrected chi connectivity index (χ2v) is 9.08. The number of aryl methyl sites for hydroxylation is 1. The molecule has 0 aromatic heterocycles. The molecule has 2 rings (SSSR count). The highest BCUT2D eigenvalue weighted by molar-refractivity contribution is 5.88. The van der Waals surface area contributed by atoms with Crippen LogP contribution in [-0.4, -0.2) is 34.9 Å². The van der Waals surface area contributed by atoms with Crippen LogP contribution in [0.25, 0.3) is 0 Å². The van der Waals surface area contributed by atoms with E-state index >= 15 is 0 Å². The molecule has 5 nitrogen and oxygen atoms in total. The maximum atomic E-state index is 13.3. The summed E-state index contributed by atoms with van der Waals surface area (Å²) in [7, 11) is 0. The summed E-state index contributed by atoms with van der Waals surface area (Å²) < 4.78 is 19.1. The van der Waals surface area contributed by atoms with E-state index in [0.717, 1.165) is 16.9 Å². The molecule has 0 saturated carbocycles. The molecule has 174 valence electrons. The number of halogens is 1. The van der Waals surface area contributed by atoms with Crippen LogP contribution in [0.5, 0.6) is 5.75 Å². The molecule has 0 bridgehead atoms. The molecule has 2 amide bonds. The monoisotopic (exact) mass is 442 g/mol. The Morgan fingerprint density at radius 3 is 2.25 bits per heavy atom. The van der Waals surface area contributed by atoms with Gasteiger partial charge in [-0.25, -0.2) is 4.39 Å². The Hall–Kier alpha value is -2.89. The minimum absolute atomic E-state index is 0.127. The van der Waals surface area contributed by atoms with Crippen molar-refractivity contribution in [2.24, 2.45) is 0 Å². The van der Waals surface area contributed by atoms with Gasteiger partial charge in [-0.2, -0.15) is 0 Å². The number of nitrogens with one attached hydrogen (secondary N) is 1. The quantitative estimate of drug-likeness (QED) is 0.526. The summed E-state index contributed by atoms with van der Waals surface area (Å²) in [5.41, 5.74) is 1.53. The van der Waals surface area contributed by atoms with Crippen LogP contribution in [0.2, 0.25) is 0 Å². The zero-order chi connectivity index (χ0) is 23.7. The smallest absolute Gasteiger partial charge is 0.243 e. The predicted octanol–water partition coefficient (Wildman–Crippen LogP) is 5.02. The molecule has 0 unspecified atom stereocenters. The molecule has 1 atom stereocenters. The van der Waals surface area contributed by atoms with E-state index in [-0.39, 0.29) is 30.6 Å². The minimum atomic E-state index is -0.607. The maximum absolute atomic E-state index is 13.3. The molecule has 0 aliphatic heterocycles. The Bertz CT molecular complexity index is 873. The molecule has 0 fully saturated rings. The molecule has 2 aromatic rings. The van der Waals surface area contributed by atoms with Crippen molar-refractivity contribution in [3.63, 3.8) is 0 Å². The topological polar surface area (TPSA) is 58.6 Å². The van der Waals surface area contributed by atoms with Crippen molar-refractivity contribution >= 4 is 11.8 Å². The van der Waals surface area contributed by atoms with Crippen LogP contribution in [-0.2, 0) is 16.1 Å². The fourth-order valence-corrected chi connectivity index (χ4v) is 3.35. The summed E-state index contributed by atoms with van der Waals surface area (Å²) in [5.74, 6) is 0.115. The number of nitrogens with zero attached hydrogens (tertiary/aromatic N) is 1. The predicted molar refractivity (Wildman–Crippen MR) is 125 cm³/mol. The fraction of sp³-hybridized carbons (Fsp3) is 0.462. The average Bonchev–Trinajstić information content (AvgIpc) is 2.72. The second kappa shape index (κ2) is 11.7. The zero-order valence-electron chi connectivity index (χ0n) is 19.8. The number of hydrogen-bond donors (Lipinski definition) is 1. The third-order valence-electron chi connectivity index (χ3n) is 4.97. The van der Waals surface area contributed by atoms with E-state index in [4.69, 9.17) is 4.74 Å². The number of amides is 2. The Morgan fingerprint density at radius 2 is 1.69 bits per heavy atom. The van der Waals surface area contributed by atoms with E-state index < -0.39 is 11.6 Å². The lowest BCUT2D eigenvalue weighted by Crippen LogP contribution is -2.53. The maximum Gasteiger partial charge on any atom is 0.243 e. The van der Waals surface area contributed by atoms with Crippen molar-refractivity contribution < 1.29 is 18.7 Å². The Morgan fingerprint density at radius 1 is 1.06 bits per heavy atom. The van der Waals surface area contributed by atoms with Crippen LogP contribution in [0.15, 0.2) is 48.5 Å². The van der Waals surface area contributed by atoms with Crippen LogP contribution in [0.1, 0.15) is 58.1 Å². The number of hydrogen-bond acceptors (Lipinski definition) is 3. The van der Waals surface area contributed by atoms with Crippen LogP contribution in [0, 0.1) is 12.7 Å². The molecule has 0 aliphatic rings. The van der Waals surface area contributed by atoms with Gasteiger partial charge in [-0.05, 0) is 70.4 Å². The lowest BCUT2D eigenvalue weighted by molar-refractivity contribution is -0.142. The molecule has 0 heterocycles. The highest BCUT2D eigenvalue weighted by atomic mass is 19.1. The summed E-state index contributed by atoms with van der Waals surface area (Å²) >= 11 is 0. The SMILES string of the molecule is CC[C@@H](C(=O)NC(C)(C)C)N(Cc1ccc(F)cc1)C(=O)CCCOc1ccc(C)cc1. The minimum Gasteiger partial charge on any atom is -0.494 e. The number of carbonyl (C=O) groups excluding carboxylic acids is 2. The van der Waals surface area contributed by atoms with E-state index in [9.17, 15) is 14.0 Å². The number of rotatable bonds is 10. The molecular formula is C26H35FN2O3. The molecule has 0 spiro atoms. The number of carbonyl (C=O) groups is 2. The summed E-state index contributed by atoms with van der Waals surface area (Å²) in [5, 5.41) is 2.98. The summed E-state index contributed by atoms with van der Waals surface area (Å²) in [6.07, 6.45) is 1.27. The zero-order valence-corrected chi connectivity index (χ0v) is 19.8. The van der Waals surface area contributed by atoms with Gasteiger partial charge in [-0.1, -0.05) is 36.8 Å². The van der Waals surface area contributed by atoms with E-state index in [1.807, 2.05) is 58.9 Å². The van der Waals surface area contributed by atoms with Crippen molar-refractivity contribution in [2.45, 2.75) is 72.0 Å². The molecule has 2 aromatic carbocycles. The Kier molecular flexibility index (Phi) is 9.24. The molecule has 0 saturated heterocycles. The Labute approximate surface area is 191 Å². The van der Waals surface area contributed by atoms with Gasteiger partial charge in [0.2, 0.25) is 11.8 Å². The van der Waals surface area contributed by atoms with Gasteiger partial charge in [0.25, 0.3) is 0 Å². The number of benzene rings is 2. The van der Waals surface area contributed by atoms with Crippen LogP contribution in [0.3, 0.4) is 0 Å². The van der Waals surface area contributed by atoms with Gasteiger partial charge >= 0.3 is 0 Å². The normalized spacial score (nSPS) is 12.2. The summed E-state index contributed by atoms with van der Waals surface area (Å²) in [4.78, 5) is 27.7. The van der Waals surface area contributed by atoms with Gasteiger partial charge in [0.15, 0.2) is 0 Å². The van der Waals surface area contributed by atoms with Crippen molar-refractivity contribution in [1.29, 1.82) is 0 Å². The van der Waals surface area contributed by atoms with Crippen LogP contribution in [0.4, 0.5) is 4.39 Å². The van der Waals surface area contributed by atoms with Gasteiger partial charge in [-0.15, -0.1) is 0 Å². The van der Waals surface area contributed by atoms with Gasteiger partial charge in [0, 0.05) is 18.5 Å². The second-order valence-electron chi connectivity index (χ2n) is 9.08. The van der Waals surface area contributed by atoms with Crippen molar-refractivity contribution in [3.8, 4) is 5.75 Å². The van der Waals surface area contributed by atoms with Crippen molar-refractivity contribution in [2.75, 3.05) is 6.61 Å². The van der Waals surface area contributed by atoms with Gasteiger partial charge in [-0.3, -0.25) is 9.59 Å². The molecule has 6 heteroatoms.